The van der Waals surface area contributed by atoms with E-state index in [1.54, 1.807) is 21.0 Å². The fourth-order valence-electron chi connectivity index (χ4n) is 0.545. The van der Waals surface area contributed by atoms with Crippen molar-refractivity contribution in [1.82, 2.24) is 4.90 Å². The third-order valence-electron chi connectivity index (χ3n) is 1.02. The molecule has 0 atom stereocenters. The molecule has 0 unspecified atom stereocenters. The van der Waals surface area contributed by atoms with E-state index in [1.165, 1.54) is 17.9 Å². The maximum absolute atomic E-state index is 10.9. The molecule has 0 saturated heterocycles. The fraction of sp³-hybridized carbons (Fsp3) is 0.500. The maximum atomic E-state index is 10.9. The van der Waals surface area contributed by atoms with Gasteiger partial charge in [0.05, 0.1) is 0 Å². The second-order valence-electron chi connectivity index (χ2n) is 2.63. The second kappa shape index (κ2) is 4.54. The highest BCUT2D eigenvalue weighted by molar-refractivity contribution is 5.88. The topological polar surface area (TPSA) is 46.6 Å². The number of ether oxygens (including phenoxy) is 1. The molecular formula is C8H13NO3. The summed E-state index contributed by atoms with van der Waals surface area (Å²) in [7, 11) is 3.15. The highest BCUT2D eigenvalue weighted by atomic mass is 16.6. The summed E-state index contributed by atoms with van der Waals surface area (Å²) in [6.07, 6.45) is 0.784. The zero-order valence-electron chi connectivity index (χ0n) is 7.75. The molecule has 0 saturated carbocycles. The van der Waals surface area contributed by atoms with Gasteiger partial charge < -0.3 is 9.64 Å². The number of nitrogens with zero attached hydrogens (tertiary/aromatic N) is 1. The maximum Gasteiger partial charge on any atom is 0.414 e. The van der Waals surface area contributed by atoms with Gasteiger partial charge >= 0.3 is 6.09 Å². The van der Waals surface area contributed by atoms with Gasteiger partial charge in [0.2, 0.25) is 0 Å². The average Bonchev–Trinajstić information content (AvgIpc) is 1.84. The number of rotatable bonds is 2. The summed E-state index contributed by atoms with van der Waals surface area (Å²) in [4.78, 5) is 22.7. The standard InChI is InChI=1S/C8H13NO3/c1-6(10)5-7(2)12-8(11)9(3)4/h5H,1-4H3. The highest BCUT2D eigenvalue weighted by Gasteiger charge is 2.05. The molecule has 4 heteroatoms. The second-order valence-corrected chi connectivity index (χ2v) is 2.63. The van der Waals surface area contributed by atoms with E-state index in [9.17, 15) is 9.59 Å². The van der Waals surface area contributed by atoms with Crippen LogP contribution >= 0.6 is 0 Å². The van der Waals surface area contributed by atoms with Gasteiger partial charge in [0.15, 0.2) is 5.78 Å². The Bertz CT molecular complexity index is 218. The normalized spacial score (nSPS) is 10.8. The molecule has 0 aliphatic rings. The first kappa shape index (κ1) is 10.7. The van der Waals surface area contributed by atoms with Crippen LogP contribution in [-0.2, 0) is 9.53 Å². The number of carbonyl (C=O) groups excluding carboxylic acids is 2. The Hall–Kier alpha value is -1.32. The third kappa shape index (κ3) is 4.49. The quantitative estimate of drug-likeness (QED) is 0.463. The van der Waals surface area contributed by atoms with Crippen molar-refractivity contribution >= 4 is 11.9 Å². The monoisotopic (exact) mass is 171 g/mol. The van der Waals surface area contributed by atoms with Crippen LogP contribution < -0.4 is 0 Å². The van der Waals surface area contributed by atoms with Gasteiger partial charge in [0.1, 0.15) is 5.76 Å². The smallest absolute Gasteiger partial charge is 0.414 e. The van der Waals surface area contributed by atoms with Crippen LogP contribution in [0, 0.1) is 0 Å². The molecule has 12 heavy (non-hydrogen) atoms. The Kier molecular flexibility index (Phi) is 4.04. The lowest BCUT2D eigenvalue weighted by atomic mass is 10.4. The molecule has 1 amide bonds. The first-order chi connectivity index (χ1) is 5.43. The van der Waals surface area contributed by atoms with E-state index in [4.69, 9.17) is 4.74 Å². The minimum absolute atomic E-state index is 0.140. The van der Waals surface area contributed by atoms with Crippen LogP contribution in [0.15, 0.2) is 11.8 Å². The van der Waals surface area contributed by atoms with E-state index in [0.717, 1.165) is 0 Å². The SMILES string of the molecule is CC(=O)C=C(C)OC(=O)N(C)C. The van der Waals surface area contributed by atoms with Crippen molar-refractivity contribution < 1.29 is 14.3 Å². The van der Waals surface area contributed by atoms with E-state index in [2.05, 4.69) is 0 Å². The molecule has 0 aromatic rings. The molecule has 0 rings (SSSR count). The Balaban J connectivity index is 4.09. The molecular weight excluding hydrogens is 158 g/mol. The summed E-state index contributed by atoms with van der Waals surface area (Å²) in [5, 5.41) is 0. The van der Waals surface area contributed by atoms with Crippen LogP contribution in [0.3, 0.4) is 0 Å². The van der Waals surface area contributed by atoms with Gasteiger partial charge in [0, 0.05) is 20.2 Å². The Labute approximate surface area is 71.8 Å². The number of amides is 1. The molecule has 0 bridgehead atoms. The van der Waals surface area contributed by atoms with Crippen LogP contribution in [-0.4, -0.2) is 30.9 Å². The molecule has 0 radical (unpaired) electrons. The van der Waals surface area contributed by atoms with Gasteiger partial charge in [-0.3, -0.25) is 4.79 Å². The van der Waals surface area contributed by atoms with Crippen LogP contribution in [0.25, 0.3) is 0 Å². The summed E-state index contributed by atoms with van der Waals surface area (Å²) in [5.41, 5.74) is 0. The summed E-state index contributed by atoms with van der Waals surface area (Å²) in [6.45, 7) is 2.95. The zero-order chi connectivity index (χ0) is 9.72. The lowest BCUT2D eigenvalue weighted by molar-refractivity contribution is -0.112. The highest BCUT2D eigenvalue weighted by Crippen LogP contribution is 1.98. The molecule has 0 heterocycles. The van der Waals surface area contributed by atoms with Gasteiger partial charge in [-0.2, -0.15) is 0 Å². The number of hydrogen-bond acceptors (Lipinski definition) is 3. The van der Waals surface area contributed by atoms with Crippen LogP contribution in [0.2, 0.25) is 0 Å². The van der Waals surface area contributed by atoms with E-state index < -0.39 is 6.09 Å². The van der Waals surface area contributed by atoms with Crippen molar-refractivity contribution in [3.63, 3.8) is 0 Å². The first-order valence-electron chi connectivity index (χ1n) is 3.51. The van der Waals surface area contributed by atoms with E-state index in [0.29, 0.717) is 5.76 Å². The van der Waals surface area contributed by atoms with Crippen molar-refractivity contribution in [2.75, 3.05) is 14.1 Å². The van der Waals surface area contributed by atoms with Gasteiger partial charge in [-0.05, 0) is 13.8 Å². The van der Waals surface area contributed by atoms with Crippen LogP contribution in [0.1, 0.15) is 13.8 Å². The lowest BCUT2D eigenvalue weighted by Gasteiger charge is -2.10. The molecule has 0 spiro atoms. The van der Waals surface area contributed by atoms with Crippen molar-refractivity contribution in [2.45, 2.75) is 13.8 Å². The van der Waals surface area contributed by atoms with Gasteiger partial charge in [0.25, 0.3) is 0 Å². The van der Waals surface area contributed by atoms with Gasteiger partial charge in [-0.25, -0.2) is 4.79 Å². The number of carbonyl (C=O) groups is 2. The van der Waals surface area contributed by atoms with E-state index in [1.807, 2.05) is 0 Å². The molecule has 0 aromatic carbocycles. The van der Waals surface area contributed by atoms with E-state index in [-0.39, 0.29) is 5.78 Å². The van der Waals surface area contributed by atoms with Crippen molar-refractivity contribution in [2.24, 2.45) is 0 Å². The number of ketones is 1. The van der Waals surface area contributed by atoms with Gasteiger partial charge in [-0.15, -0.1) is 0 Å². The minimum Gasteiger partial charge on any atom is -0.415 e. The first-order valence-corrected chi connectivity index (χ1v) is 3.51. The summed E-state index contributed by atoms with van der Waals surface area (Å²) < 4.78 is 4.75. The Morgan fingerprint density at radius 1 is 1.25 bits per heavy atom. The van der Waals surface area contributed by atoms with Crippen LogP contribution in [0.5, 0.6) is 0 Å². The van der Waals surface area contributed by atoms with Gasteiger partial charge in [-0.1, -0.05) is 0 Å². The summed E-state index contributed by atoms with van der Waals surface area (Å²) >= 11 is 0. The largest absolute Gasteiger partial charge is 0.415 e. The molecule has 4 nitrogen and oxygen atoms in total. The molecule has 0 aliphatic carbocycles. The molecule has 68 valence electrons. The third-order valence-corrected chi connectivity index (χ3v) is 1.02. The Morgan fingerprint density at radius 2 is 1.75 bits per heavy atom. The lowest BCUT2D eigenvalue weighted by Crippen LogP contribution is -2.22. The minimum atomic E-state index is -0.481. The Morgan fingerprint density at radius 3 is 2.08 bits per heavy atom. The predicted octanol–water partition coefficient (Wildman–Crippen LogP) is 1.18. The summed E-state index contributed by atoms with van der Waals surface area (Å²) in [6, 6.07) is 0. The predicted molar refractivity (Wildman–Crippen MR) is 44.6 cm³/mol. The molecule has 0 fully saturated rings. The molecule has 0 aromatic heterocycles. The van der Waals surface area contributed by atoms with Crippen LogP contribution in [0.4, 0.5) is 4.79 Å². The fourth-order valence-corrected chi connectivity index (χ4v) is 0.545. The summed E-state index contributed by atoms with van der Waals surface area (Å²) in [5.74, 6) is 0.167. The van der Waals surface area contributed by atoms with E-state index >= 15 is 0 Å². The van der Waals surface area contributed by atoms with Crippen molar-refractivity contribution in [1.29, 1.82) is 0 Å². The molecule has 0 aliphatic heterocycles. The van der Waals surface area contributed by atoms with Crippen molar-refractivity contribution in [3.05, 3.63) is 11.8 Å². The zero-order valence-corrected chi connectivity index (χ0v) is 7.75. The number of hydrogen-bond donors (Lipinski definition) is 0. The number of allylic oxidation sites excluding steroid dienone is 2. The molecule has 0 N–H and O–H groups in total. The average molecular weight is 171 g/mol. The van der Waals surface area contributed by atoms with Crippen molar-refractivity contribution in [3.8, 4) is 0 Å².